The molecule has 6 heteroatoms. The second kappa shape index (κ2) is 4.03. The van der Waals surface area contributed by atoms with Crippen molar-refractivity contribution in [1.82, 2.24) is 19.9 Å². The van der Waals surface area contributed by atoms with Crippen molar-refractivity contribution >= 4 is 22.4 Å². The summed E-state index contributed by atoms with van der Waals surface area (Å²) in [7, 11) is 0. The van der Waals surface area contributed by atoms with Crippen molar-refractivity contribution < 1.29 is 4.42 Å². The second-order valence-electron chi connectivity index (χ2n) is 4.01. The van der Waals surface area contributed by atoms with E-state index in [4.69, 9.17) is 4.42 Å². The van der Waals surface area contributed by atoms with E-state index in [9.17, 15) is 0 Å². The van der Waals surface area contributed by atoms with Crippen LogP contribution in [0.4, 0.5) is 0 Å². The van der Waals surface area contributed by atoms with Gasteiger partial charge in [0.25, 0.3) is 0 Å². The standard InChI is InChI=1S/C13H8N4OS/c1-2-8-9(4-15-12(8)14-3-1)11-6-19-13(17-11)10-5-18-7-16-10/h1-7H,(H,14,15). The van der Waals surface area contributed by atoms with Crippen LogP contribution in [-0.2, 0) is 0 Å². The fourth-order valence-electron chi connectivity index (χ4n) is 2.00. The Balaban J connectivity index is 1.85. The topological polar surface area (TPSA) is 67.6 Å². The molecular formula is C13H8N4OS. The number of thiazole rings is 1. The van der Waals surface area contributed by atoms with Gasteiger partial charge in [-0.15, -0.1) is 11.3 Å². The Hall–Kier alpha value is -2.47. The molecule has 5 nitrogen and oxygen atoms in total. The number of nitrogens with zero attached hydrogens (tertiary/aromatic N) is 3. The number of fused-ring (bicyclic) bond motifs is 1. The lowest BCUT2D eigenvalue weighted by molar-refractivity contribution is 0.558. The first kappa shape index (κ1) is 10.5. The van der Waals surface area contributed by atoms with Crippen LogP contribution in [0.1, 0.15) is 0 Å². The number of pyridine rings is 1. The SMILES string of the molecule is c1cnc2[nH]cc(-c3csc(-c4cocn4)n3)c2c1. The lowest BCUT2D eigenvalue weighted by Crippen LogP contribution is -1.78. The third kappa shape index (κ3) is 1.65. The molecule has 4 rings (SSSR count). The largest absolute Gasteiger partial charge is 0.451 e. The Labute approximate surface area is 112 Å². The van der Waals surface area contributed by atoms with Gasteiger partial charge >= 0.3 is 0 Å². The average molecular weight is 268 g/mol. The van der Waals surface area contributed by atoms with Crippen LogP contribution in [0.5, 0.6) is 0 Å². The number of aromatic amines is 1. The van der Waals surface area contributed by atoms with E-state index in [0.29, 0.717) is 0 Å². The van der Waals surface area contributed by atoms with Gasteiger partial charge in [-0.25, -0.2) is 15.0 Å². The number of oxazole rings is 1. The first-order chi connectivity index (χ1) is 9.42. The summed E-state index contributed by atoms with van der Waals surface area (Å²) in [6, 6.07) is 3.95. The first-order valence-corrected chi connectivity index (χ1v) is 6.56. The first-order valence-electron chi connectivity index (χ1n) is 5.68. The highest BCUT2D eigenvalue weighted by molar-refractivity contribution is 7.13. The zero-order valence-corrected chi connectivity index (χ0v) is 10.5. The van der Waals surface area contributed by atoms with E-state index in [0.717, 1.165) is 33.0 Å². The van der Waals surface area contributed by atoms with Gasteiger partial charge in [-0.1, -0.05) is 0 Å². The summed E-state index contributed by atoms with van der Waals surface area (Å²) in [5, 5.41) is 3.93. The average Bonchev–Trinajstić information content (AvgIpc) is 3.18. The van der Waals surface area contributed by atoms with Crippen LogP contribution in [0.25, 0.3) is 33.0 Å². The fraction of sp³-hybridized carbons (Fsp3) is 0. The van der Waals surface area contributed by atoms with E-state index < -0.39 is 0 Å². The summed E-state index contributed by atoms with van der Waals surface area (Å²) >= 11 is 1.55. The van der Waals surface area contributed by atoms with Gasteiger partial charge in [0.15, 0.2) is 6.39 Å². The van der Waals surface area contributed by atoms with Crippen molar-refractivity contribution in [2.24, 2.45) is 0 Å². The number of nitrogens with one attached hydrogen (secondary N) is 1. The van der Waals surface area contributed by atoms with Crippen LogP contribution in [0.15, 0.2) is 47.0 Å². The molecule has 19 heavy (non-hydrogen) atoms. The highest BCUT2D eigenvalue weighted by Crippen LogP contribution is 2.31. The Bertz CT molecular complexity index is 831. The number of rotatable bonds is 2. The summed E-state index contributed by atoms with van der Waals surface area (Å²) in [6.07, 6.45) is 6.70. The van der Waals surface area contributed by atoms with E-state index in [1.54, 1.807) is 23.8 Å². The Morgan fingerprint density at radius 1 is 1.21 bits per heavy atom. The molecule has 0 unspecified atom stereocenters. The zero-order valence-electron chi connectivity index (χ0n) is 9.70. The minimum absolute atomic E-state index is 0.759. The molecule has 0 saturated carbocycles. The summed E-state index contributed by atoms with van der Waals surface area (Å²) < 4.78 is 4.98. The number of aromatic nitrogens is 4. The number of H-pyrrole nitrogens is 1. The molecule has 0 radical (unpaired) electrons. The minimum Gasteiger partial charge on any atom is -0.451 e. The van der Waals surface area contributed by atoms with Crippen molar-refractivity contribution in [3.63, 3.8) is 0 Å². The summed E-state index contributed by atoms with van der Waals surface area (Å²) in [5.74, 6) is 0. The van der Waals surface area contributed by atoms with E-state index in [-0.39, 0.29) is 0 Å². The Kier molecular flexibility index (Phi) is 2.22. The minimum atomic E-state index is 0.759. The monoisotopic (exact) mass is 268 g/mol. The van der Waals surface area contributed by atoms with E-state index in [2.05, 4.69) is 19.9 Å². The predicted molar refractivity (Wildman–Crippen MR) is 72.7 cm³/mol. The van der Waals surface area contributed by atoms with Crippen LogP contribution >= 0.6 is 11.3 Å². The van der Waals surface area contributed by atoms with Gasteiger partial charge in [-0.3, -0.25) is 0 Å². The molecule has 0 aliphatic rings. The molecular weight excluding hydrogens is 260 g/mol. The smallest absolute Gasteiger partial charge is 0.181 e. The summed E-state index contributed by atoms with van der Waals surface area (Å²) in [4.78, 5) is 16.1. The maximum Gasteiger partial charge on any atom is 0.181 e. The molecule has 0 spiro atoms. The molecule has 0 aliphatic carbocycles. The van der Waals surface area contributed by atoms with E-state index in [1.165, 1.54) is 6.39 Å². The maximum absolute atomic E-state index is 4.98. The van der Waals surface area contributed by atoms with Gasteiger partial charge in [0.1, 0.15) is 22.6 Å². The Morgan fingerprint density at radius 2 is 2.21 bits per heavy atom. The van der Waals surface area contributed by atoms with Gasteiger partial charge in [-0.05, 0) is 12.1 Å². The molecule has 0 saturated heterocycles. The predicted octanol–water partition coefficient (Wildman–Crippen LogP) is 3.34. The third-order valence-electron chi connectivity index (χ3n) is 2.88. The highest BCUT2D eigenvalue weighted by Gasteiger charge is 2.12. The highest BCUT2D eigenvalue weighted by atomic mass is 32.1. The van der Waals surface area contributed by atoms with Crippen molar-refractivity contribution in [3.05, 3.63) is 42.6 Å². The second-order valence-corrected chi connectivity index (χ2v) is 4.87. The fourth-order valence-corrected chi connectivity index (χ4v) is 2.78. The quantitative estimate of drug-likeness (QED) is 0.605. The van der Waals surface area contributed by atoms with Crippen molar-refractivity contribution in [1.29, 1.82) is 0 Å². The van der Waals surface area contributed by atoms with Gasteiger partial charge in [-0.2, -0.15) is 0 Å². The van der Waals surface area contributed by atoms with Crippen molar-refractivity contribution in [2.45, 2.75) is 0 Å². The van der Waals surface area contributed by atoms with Crippen molar-refractivity contribution in [2.75, 3.05) is 0 Å². The van der Waals surface area contributed by atoms with E-state index in [1.807, 2.05) is 23.7 Å². The molecule has 92 valence electrons. The maximum atomic E-state index is 4.98. The lowest BCUT2D eigenvalue weighted by atomic mass is 10.2. The van der Waals surface area contributed by atoms with Crippen LogP contribution in [0.3, 0.4) is 0 Å². The Morgan fingerprint density at radius 3 is 3.11 bits per heavy atom. The number of hydrogen-bond acceptors (Lipinski definition) is 5. The van der Waals surface area contributed by atoms with Gasteiger partial charge < -0.3 is 9.40 Å². The molecule has 4 aromatic heterocycles. The van der Waals surface area contributed by atoms with Gasteiger partial charge in [0.2, 0.25) is 0 Å². The summed E-state index contributed by atoms with van der Waals surface area (Å²) in [6.45, 7) is 0. The molecule has 1 N–H and O–H groups in total. The van der Waals surface area contributed by atoms with Crippen LogP contribution < -0.4 is 0 Å². The van der Waals surface area contributed by atoms with Gasteiger partial charge in [0.05, 0.1) is 5.69 Å². The van der Waals surface area contributed by atoms with Crippen molar-refractivity contribution in [3.8, 4) is 22.0 Å². The molecule has 4 aromatic rings. The van der Waals surface area contributed by atoms with E-state index >= 15 is 0 Å². The molecule has 0 aliphatic heterocycles. The van der Waals surface area contributed by atoms with Crippen LogP contribution in [0.2, 0.25) is 0 Å². The van der Waals surface area contributed by atoms with Crippen LogP contribution in [0, 0.1) is 0 Å². The molecule has 0 atom stereocenters. The summed E-state index contributed by atoms with van der Waals surface area (Å²) in [5.41, 5.74) is 3.60. The molecule has 0 bridgehead atoms. The lowest BCUT2D eigenvalue weighted by Gasteiger charge is -1.92. The van der Waals surface area contributed by atoms with Crippen LogP contribution in [-0.4, -0.2) is 19.9 Å². The zero-order chi connectivity index (χ0) is 12.7. The molecule has 0 fully saturated rings. The van der Waals surface area contributed by atoms with Gasteiger partial charge in [0, 0.05) is 28.7 Å². The number of hydrogen-bond donors (Lipinski definition) is 1. The molecule has 0 aromatic carbocycles. The molecule has 4 heterocycles. The normalized spacial score (nSPS) is 11.2. The third-order valence-corrected chi connectivity index (χ3v) is 3.75. The molecule has 0 amide bonds.